The van der Waals surface area contributed by atoms with Crippen molar-refractivity contribution in [3.63, 3.8) is 0 Å². The Labute approximate surface area is 65.5 Å². The molecule has 0 aliphatic carbocycles. The fraction of sp³-hybridized carbons (Fsp3) is 0.714. The molecule has 0 bridgehead atoms. The molecule has 0 aromatic rings. The Hall–Kier alpha value is -0.990. The summed E-state index contributed by atoms with van der Waals surface area (Å²) in [4.78, 5) is 23.3. The number of hydrogen-bond acceptors (Lipinski definition) is 3. The van der Waals surface area contributed by atoms with Crippen LogP contribution in [0.3, 0.4) is 0 Å². The molecular formula is C7H12N2O2. The van der Waals surface area contributed by atoms with Crippen LogP contribution in [-0.2, 0) is 9.59 Å². The molecule has 2 N–H and O–H groups in total. The SMILES string of the molecule is CC(C)C[C@H](N)C(=O)N=C=O. The lowest BCUT2D eigenvalue weighted by molar-refractivity contribution is -0.119. The molecule has 0 heterocycles. The molecule has 62 valence electrons. The van der Waals surface area contributed by atoms with E-state index in [2.05, 4.69) is 4.99 Å². The summed E-state index contributed by atoms with van der Waals surface area (Å²) in [5, 5.41) is 0. The van der Waals surface area contributed by atoms with Gasteiger partial charge in [-0.25, -0.2) is 4.79 Å². The number of rotatable bonds is 3. The van der Waals surface area contributed by atoms with Crippen molar-refractivity contribution in [3.8, 4) is 0 Å². The van der Waals surface area contributed by atoms with Gasteiger partial charge in [0.05, 0.1) is 6.04 Å². The topological polar surface area (TPSA) is 72.5 Å². The molecule has 0 aliphatic rings. The number of nitrogens with two attached hydrogens (primary N) is 1. The van der Waals surface area contributed by atoms with Crippen molar-refractivity contribution in [2.75, 3.05) is 0 Å². The van der Waals surface area contributed by atoms with Crippen LogP contribution in [0.2, 0.25) is 0 Å². The van der Waals surface area contributed by atoms with E-state index in [0.717, 1.165) is 0 Å². The van der Waals surface area contributed by atoms with Gasteiger partial charge < -0.3 is 5.73 Å². The minimum absolute atomic E-state index is 0.329. The maximum absolute atomic E-state index is 10.7. The fourth-order valence-electron chi connectivity index (χ4n) is 0.737. The van der Waals surface area contributed by atoms with Crippen molar-refractivity contribution in [1.29, 1.82) is 0 Å². The van der Waals surface area contributed by atoms with E-state index in [1.165, 1.54) is 6.08 Å². The Morgan fingerprint density at radius 2 is 2.18 bits per heavy atom. The van der Waals surface area contributed by atoms with Gasteiger partial charge in [0.25, 0.3) is 5.91 Å². The molecule has 1 amide bonds. The van der Waals surface area contributed by atoms with Crippen LogP contribution in [0.1, 0.15) is 20.3 Å². The normalized spacial score (nSPS) is 12.4. The molecule has 0 unspecified atom stereocenters. The van der Waals surface area contributed by atoms with E-state index in [-0.39, 0.29) is 0 Å². The number of nitrogens with zero attached hydrogens (tertiary/aromatic N) is 1. The van der Waals surface area contributed by atoms with Crippen LogP contribution in [0.25, 0.3) is 0 Å². The second-order valence-corrected chi connectivity index (χ2v) is 2.78. The summed E-state index contributed by atoms with van der Waals surface area (Å²) in [6.45, 7) is 3.88. The molecule has 0 saturated carbocycles. The number of hydrogen-bond donors (Lipinski definition) is 1. The summed E-state index contributed by atoms with van der Waals surface area (Å²) in [6.07, 6.45) is 1.71. The molecule has 0 rings (SSSR count). The lowest BCUT2D eigenvalue weighted by atomic mass is 10.0. The first-order chi connectivity index (χ1) is 5.07. The summed E-state index contributed by atoms with van der Waals surface area (Å²) >= 11 is 0. The summed E-state index contributed by atoms with van der Waals surface area (Å²) in [6, 6.07) is -0.656. The Bertz CT molecular complexity index is 183. The largest absolute Gasteiger partial charge is 0.320 e. The standard InChI is InChI=1S/C7H12N2O2/c1-5(2)3-6(8)7(11)9-4-10/h5-6H,3,8H2,1-2H3/t6-/m0/s1. The van der Waals surface area contributed by atoms with Crippen molar-refractivity contribution >= 4 is 12.0 Å². The second kappa shape index (κ2) is 4.77. The molecule has 0 aromatic carbocycles. The highest BCUT2D eigenvalue weighted by Crippen LogP contribution is 2.03. The summed E-state index contributed by atoms with van der Waals surface area (Å²) in [7, 11) is 0. The number of aliphatic imine (C=N–C) groups is 1. The molecule has 0 fully saturated rings. The zero-order chi connectivity index (χ0) is 8.85. The molecule has 4 nitrogen and oxygen atoms in total. The van der Waals surface area contributed by atoms with Crippen LogP contribution in [0.15, 0.2) is 4.99 Å². The molecule has 4 heteroatoms. The predicted molar refractivity (Wildman–Crippen MR) is 40.6 cm³/mol. The smallest absolute Gasteiger partial charge is 0.273 e. The average molecular weight is 156 g/mol. The Kier molecular flexibility index (Phi) is 4.34. The molecule has 0 radical (unpaired) electrons. The third-order valence-electron chi connectivity index (χ3n) is 1.20. The lowest BCUT2D eigenvalue weighted by Gasteiger charge is -2.07. The minimum Gasteiger partial charge on any atom is -0.320 e. The van der Waals surface area contributed by atoms with Crippen molar-refractivity contribution in [3.05, 3.63) is 0 Å². The van der Waals surface area contributed by atoms with E-state index in [9.17, 15) is 9.59 Å². The van der Waals surface area contributed by atoms with E-state index in [1.54, 1.807) is 0 Å². The number of isocyanates is 1. The third-order valence-corrected chi connectivity index (χ3v) is 1.20. The summed E-state index contributed by atoms with van der Waals surface area (Å²) in [5.74, 6) is -0.260. The molecule has 0 saturated heterocycles. The maximum Gasteiger partial charge on any atom is 0.273 e. The van der Waals surface area contributed by atoms with Crippen LogP contribution >= 0.6 is 0 Å². The second-order valence-electron chi connectivity index (χ2n) is 2.78. The first kappa shape index (κ1) is 10.0. The average Bonchev–Trinajstić information content (AvgIpc) is 1.86. The van der Waals surface area contributed by atoms with Crippen LogP contribution in [0, 0.1) is 5.92 Å². The van der Waals surface area contributed by atoms with Crippen LogP contribution in [0.4, 0.5) is 0 Å². The highest BCUT2D eigenvalue weighted by molar-refractivity contribution is 5.86. The number of carbonyl (C=O) groups excluding carboxylic acids is 2. The Morgan fingerprint density at radius 3 is 2.55 bits per heavy atom. The molecule has 0 spiro atoms. The third kappa shape index (κ3) is 4.42. The number of amides is 1. The summed E-state index contributed by atoms with van der Waals surface area (Å²) < 4.78 is 0. The monoisotopic (exact) mass is 156 g/mol. The Morgan fingerprint density at radius 1 is 1.64 bits per heavy atom. The van der Waals surface area contributed by atoms with Gasteiger partial charge in [0.15, 0.2) is 0 Å². The van der Waals surface area contributed by atoms with E-state index in [1.807, 2.05) is 13.8 Å². The van der Waals surface area contributed by atoms with E-state index < -0.39 is 11.9 Å². The maximum atomic E-state index is 10.7. The van der Waals surface area contributed by atoms with Gasteiger partial charge >= 0.3 is 0 Å². The molecule has 0 aliphatic heterocycles. The van der Waals surface area contributed by atoms with Crippen molar-refractivity contribution in [1.82, 2.24) is 0 Å². The van der Waals surface area contributed by atoms with Crippen molar-refractivity contribution in [2.45, 2.75) is 26.3 Å². The van der Waals surface area contributed by atoms with Gasteiger partial charge in [0, 0.05) is 0 Å². The molecule has 11 heavy (non-hydrogen) atoms. The van der Waals surface area contributed by atoms with E-state index >= 15 is 0 Å². The first-order valence-electron chi connectivity index (χ1n) is 3.45. The van der Waals surface area contributed by atoms with Gasteiger partial charge in [-0.15, -0.1) is 4.99 Å². The van der Waals surface area contributed by atoms with Crippen LogP contribution in [-0.4, -0.2) is 18.0 Å². The highest BCUT2D eigenvalue weighted by atomic mass is 16.2. The summed E-state index contributed by atoms with van der Waals surface area (Å²) in [5.41, 5.74) is 5.38. The quantitative estimate of drug-likeness (QED) is 0.469. The van der Waals surface area contributed by atoms with E-state index in [0.29, 0.717) is 12.3 Å². The van der Waals surface area contributed by atoms with Gasteiger partial charge in [-0.2, -0.15) is 0 Å². The number of carbonyl (C=O) groups is 1. The van der Waals surface area contributed by atoms with E-state index in [4.69, 9.17) is 5.73 Å². The Balaban J connectivity index is 3.92. The van der Waals surface area contributed by atoms with Crippen molar-refractivity contribution < 1.29 is 9.59 Å². The van der Waals surface area contributed by atoms with Gasteiger partial charge in [0.1, 0.15) is 0 Å². The van der Waals surface area contributed by atoms with Crippen molar-refractivity contribution in [2.24, 2.45) is 16.6 Å². The first-order valence-corrected chi connectivity index (χ1v) is 3.45. The zero-order valence-electron chi connectivity index (χ0n) is 6.70. The molecule has 1 atom stereocenters. The van der Waals surface area contributed by atoms with Crippen LogP contribution in [0.5, 0.6) is 0 Å². The van der Waals surface area contributed by atoms with Gasteiger partial charge in [0.2, 0.25) is 6.08 Å². The zero-order valence-corrected chi connectivity index (χ0v) is 6.70. The highest BCUT2D eigenvalue weighted by Gasteiger charge is 2.13. The molecular weight excluding hydrogens is 144 g/mol. The van der Waals surface area contributed by atoms with Crippen LogP contribution < -0.4 is 5.73 Å². The van der Waals surface area contributed by atoms with Gasteiger partial charge in [-0.05, 0) is 12.3 Å². The van der Waals surface area contributed by atoms with Gasteiger partial charge in [-0.3, -0.25) is 4.79 Å². The fourth-order valence-corrected chi connectivity index (χ4v) is 0.737. The predicted octanol–water partition coefficient (Wildman–Crippen LogP) is 0.222. The lowest BCUT2D eigenvalue weighted by Crippen LogP contribution is -2.30. The molecule has 0 aromatic heterocycles. The minimum atomic E-state index is -0.656. The van der Waals surface area contributed by atoms with Gasteiger partial charge in [-0.1, -0.05) is 13.8 Å².